The first-order valence-electron chi connectivity index (χ1n) is 6.23. The number of thiazole rings is 1. The number of thiophene rings is 1. The molecule has 20 heavy (non-hydrogen) atoms. The summed E-state index contributed by atoms with van der Waals surface area (Å²) in [5.41, 5.74) is 0. The van der Waals surface area contributed by atoms with Crippen LogP contribution in [0, 0.1) is 0 Å². The largest absolute Gasteiger partial charge is 0.468 e. The minimum atomic E-state index is -0.183. The Balaban J connectivity index is 1.64. The summed E-state index contributed by atoms with van der Waals surface area (Å²) in [6.07, 6.45) is 3.49. The predicted molar refractivity (Wildman–Crippen MR) is 80.8 cm³/mol. The van der Waals surface area contributed by atoms with Crippen molar-refractivity contribution in [3.63, 3.8) is 0 Å². The van der Waals surface area contributed by atoms with E-state index in [-0.39, 0.29) is 12.6 Å². The lowest BCUT2D eigenvalue weighted by atomic mass is 10.2. The van der Waals surface area contributed by atoms with Crippen LogP contribution in [0.3, 0.4) is 0 Å². The first kappa shape index (κ1) is 13.5. The Morgan fingerprint density at radius 2 is 2.30 bits per heavy atom. The van der Waals surface area contributed by atoms with Gasteiger partial charge in [0.15, 0.2) is 0 Å². The number of nitrogens with zero attached hydrogens (tertiary/aromatic N) is 1. The average molecular weight is 306 g/mol. The Kier molecular flexibility index (Phi) is 4.27. The molecule has 0 spiro atoms. The number of aromatic nitrogens is 1. The quantitative estimate of drug-likeness (QED) is 0.734. The van der Waals surface area contributed by atoms with Crippen molar-refractivity contribution in [3.8, 4) is 9.88 Å². The number of aliphatic hydroxyl groups is 1. The third kappa shape index (κ3) is 2.99. The molecule has 0 aliphatic carbocycles. The Hall–Kier alpha value is -1.47. The Bertz CT molecular complexity index is 632. The van der Waals surface area contributed by atoms with E-state index < -0.39 is 0 Å². The van der Waals surface area contributed by atoms with Gasteiger partial charge in [0, 0.05) is 17.6 Å². The van der Waals surface area contributed by atoms with E-state index in [2.05, 4.69) is 16.4 Å². The molecule has 4 nitrogen and oxygen atoms in total. The molecule has 0 amide bonds. The van der Waals surface area contributed by atoms with E-state index >= 15 is 0 Å². The van der Waals surface area contributed by atoms with Crippen molar-refractivity contribution in [2.45, 2.75) is 12.6 Å². The first-order chi connectivity index (χ1) is 9.86. The van der Waals surface area contributed by atoms with Gasteiger partial charge in [-0.2, -0.15) is 0 Å². The summed E-state index contributed by atoms with van der Waals surface area (Å²) in [5.74, 6) is 0.746. The third-order valence-corrected chi connectivity index (χ3v) is 4.91. The normalized spacial score (nSPS) is 12.7. The highest BCUT2D eigenvalue weighted by Crippen LogP contribution is 2.29. The summed E-state index contributed by atoms with van der Waals surface area (Å²) < 4.78 is 5.31. The fraction of sp³-hybridized carbons (Fsp3) is 0.214. The van der Waals surface area contributed by atoms with Gasteiger partial charge < -0.3 is 14.8 Å². The molecule has 1 atom stereocenters. The van der Waals surface area contributed by atoms with E-state index in [4.69, 9.17) is 4.42 Å². The molecule has 3 heterocycles. The third-order valence-electron chi connectivity index (χ3n) is 2.88. The zero-order chi connectivity index (χ0) is 13.8. The topological polar surface area (TPSA) is 58.3 Å². The number of furan rings is 1. The van der Waals surface area contributed by atoms with Gasteiger partial charge in [0.05, 0.1) is 23.8 Å². The van der Waals surface area contributed by atoms with Crippen molar-refractivity contribution in [2.75, 3.05) is 6.61 Å². The van der Waals surface area contributed by atoms with Gasteiger partial charge >= 0.3 is 0 Å². The van der Waals surface area contributed by atoms with Crippen LogP contribution in [0.4, 0.5) is 0 Å². The summed E-state index contributed by atoms with van der Waals surface area (Å²) in [4.78, 5) is 6.75. The minimum Gasteiger partial charge on any atom is -0.468 e. The smallest absolute Gasteiger partial charge is 0.133 e. The molecule has 2 N–H and O–H groups in total. The molecule has 0 aromatic carbocycles. The van der Waals surface area contributed by atoms with Crippen molar-refractivity contribution >= 4 is 22.7 Å². The van der Waals surface area contributed by atoms with Crippen LogP contribution in [-0.4, -0.2) is 16.7 Å². The van der Waals surface area contributed by atoms with Gasteiger partial charge in [0.2, 0.25) is 0 Å². The summed E-state index contributed by atoms with van der Waals surface area (Å²) >= 11 is 3.35. The van der Waals surface area contributed by atoms with Gasteiger partial charge in [0.1, 0.15) is 10.8 Å². The van der Waals surface area contributed by atoms with E-state index in [1.54, 1.807) is 28.9 Å². The van der Waals surface area contributed by atoms with Gasteiger partial charge in [0.25, 0.3) is 0 Å². The molecule has 0 fully saturated rings. The van der Waals surface area contributed by atoms with E-state index in [9.17, 15) is 5.11 Å². The van der Waals surface area contributed by atoms with Crippen molar-refractivity contribution in [3.05, 3.63) is 52.7 Å². The van der Waals surface area contributed by atoms with Crippen molar-refractivity contribution in [1.82, 2.24) is 10.3 Å². The molecule has 3 aromatic heterocycles. The maximum atomic E-state index is 9.40. The SMILES string of the molecule is OCC(NCc1cnc(-c2cccs2)s1)c1ccco1. The van der Waals surface area contributed by atoms with Gasteiger partial charge in [-0.15, -0.1) is 22.7 Å². The van der Waals surface area contributed by atoms with Gasteiger partial charge in [-0.1, -0.05) is 6.07 Å². The maximum Gasteiger partial charge on any atom is 0.133 e. The Labute approximate surface area is 124 Å². The van der Waals surface area contributed by atoms with Crippen LogP contribution >= 0.6 is 22.7 Å². The number of aliphatic hydroxyl groups excluding tert-OH is 1. The average Bonchev–Trinajstić information content (AvgIpc) is 3.22. The van der Waals surface area contributed by atoms with Crippen LogP contribution in [-0.2, 0) is 6.54 Å². The monoisotopic (exact) mass is 306 g/mol. The van der Waals surface area contributed by atoms with E-state index in [1.807, 2.05) is 29.8 Å². The van der Waals surface area contributed by atoms with E-state index in [0.717, 1.165) is 15.6 Å². The van der Waals surface area contributed by atoms with Crippen LogP contribution < -0.4 is 5.32 Å². The van der Waals surface area contributed by atoms with Gasteiger partial charge in [-0.05, 0) is 23.6 Å². The predicted octanol–water partition coefficient (Wildman–Crippen LogP) is 3.29. The standard InChI is InChI=1S/C14H14N2O2S2/c17-9-11(12-3-1-5-18-12)15-7-10-8-16-14(20-10)13-4-2-6-19-13/h1-6,8,11,15,17H,7,9H2. The minimum absolute atomic E-state index is 0.00407. The molecule has 3 rings (SSSR count). The molecule has 6 heteroatoms. The van der Waals surface area contributed by atoms with Gasteiger partial charge in [-0.3, -0.25) is 0 Å². The van der Waals surface area contributed by atoms with Crippen LogP contribution in [0.1, 0.15) is 16.7 Å². The summed E-state index contributed by atoms with van der Waals surface area (Å²) in [7, 11) is 0. The molecule has 3 aromatic rings. The highest BCUT2D eigenvalue weighted by Gasteiger charge is 2.13. The van der Waals surface area contributed by atoms with Crippen molar-refractivity contribution in [2.24, 2.45) is 0 Å². The number of nitrogens with one attached hydrogen (secondary N) is 1. The van der Waals surface area contributed by atoms with Crippen LogP contribution in [0.2, 0.25) is 0 Å². The number of hydrogen-bond donors (Lipinski definition) is 2. The maximum absolute atomic E-state index is 9.40. The summed E-state index contributed by atoms with van der Waals surface area (Å²) in [5, 5.41) is 15.8. The fourth-order valence-corrected chi connectivity index (χ4v) is 3.54. The van der Waals surface area contributed by atoms with Gasteiger partial charge in [-0.25, -0.2) is 4.98 Å². The van der Waals surface area contributed by atoms with Crippen LogP contribution in [0.5, 0.6) is 0 Å². The molecule has 0 saturated carbocycles. The van der Waals surface area contributed by atoms with E-state index in [0.29, 0.717) is 6.54 Å². The fourth-order valence-electron chi connectivity index (χ4n) is 1.87. The lowest BCUT2D eigenvalue weighted by Crippen LogP contribution is -2.23. The number of hydrogen-bond acceptors (Lipinski definition) is 6. The first-order valence-corrected chi connectivity index (χ1v) is 7.92. The molecule has 0 saturated heterocycles. The molecule has 0 aliphatic rings. The van der Waals surface area contributed by atoms with Crippen LogP contribution in [0.25, 0.3) is 9.88 Å². The second kappa shape index (κ2) is 6.32. The zero-order valence-electron chi connectivity index (χ0n) is 10.7. The zero-order valence-corrected chi connectivity index (χ0v) is 12.3. The summed E-state index contributed by atoms with van der Waals surface area (Å²) in [6.45, 7) is 0.666. The lowest BCUT2D eigenvalue weighted by molar-refractivity contribution is 0.226. The van der Waals surface area contributed by atoms with E-state index in [1.165, 1.54) is 4.88 Å². The summed E-state index contributed by atoms with van der Waals surface area (Å²) in [6, 6.07) is 7.59. The molecule has 0 aliphatic heterocycles. The Morgan fingerprint density at radius 1 is 1.35 bits per heavy atom. The lowest BCUT2D eigenvalue weighted by Gasteiger charge is -2.12. The highest BCUT2D eigenvalue weighted by atomic mass is 32.1. The highest BCUT2D eigenvalue weighted by molar-refractivity contribution is 7.20. The molecular formula is C14H14N2O2S2. The molecule has 0 radical (unpaired) electrons. The van der Waals surface area contributed by atoms with Crippen LogP contribution in [0.15, 0.2) is 46.5 Å². The number of rotatable bonds is 6. The molecular weight excluding hydrogens is 292 g/mol. The molecule has 1 unspecified atom stereocenters. The molecule has 0 bridgehead atoms. The second-order valence-electron chi connectivity index (χ2n) is 4.24. The van der Waals surface area contributed by atoms with Crippen molar-refractivity contribution in [1.29, 1.82) is 0 Å². The Morgan fingerprint density at radius 3 is 3.00 bits per heavy atom. The molecule has 104 valence electrons. The second-order valence-corrected chi connectivity index (χ2v) is 6.30. The van der Waals surface area contributed by atoms with Crippen molar-refractivity contribution < 1.29 is 9.52 Å².